The van der Waals surface area contributed by atoms with Gasteiger partial charge >= 0.3 is 0 Å². The Labute approximate surface area is 108 Å². The highest BCUT2D eigenvalue weighted by molar-refractivity contribution is 5.84. The zero-order valence-electron chi connectivity index (χ0n) is 11.7. The molecular weight excluding hydrogens is 228 g/mol. The Morgan fingerprint density at radius 3 is 2.33 bits per heavy atom. The monoisotopic (exact) mass is 250 g/mol. The van der Waals surface area contributed by atoms with Crippen molar-refractivity contribution in [3.63, 3.8) is 0 Å². The molecule has 0 saturated carbocycles. The van der Waals surface area contributed by atoms with E-state index in [9.17, 15) is 9.59 Å². The van der Waals surface area contributed by atoms with E-state index in [2.05, 4.69) is 0 Å². The first-order chi connectivity index (χ1) is 8.60. The maximum atomic E-state index is 12.3. The number of carbonyl (C=O) groups excluding carboxylic acids is 1. The maximum Gasteiger partial charge on any atom is 0.263 e. The lowest BCUT2D eigenvalue weighted by atomic mass is 10.1. The number of hydrogen-bond donors (Lipinski definition) is 0. The number of anilines is 1. The first kappa shape index (κ1) is 14.5. The van der Waals surface area contributed by atoms with E-state index in [-0.39, 0.29) is 11.1 Å². The Kier molecular flexibility index (Phi) is 5.13. The number of nitrogens with zero attached hydrogens (tertiary/aromatic N) is 2. The van der Waals surface area contributed by atoms with Gasteiger partial charge in [-0.1, -0.05) is 6.92 Å². The minimum absolute atomic E-state index is 0.172. The standard InChI is InChI=1S/C14H22N2O2/c1-5-8-16-11(4)9-13(15(6-2)7-3)12(10-17)14(16)18/h9-10H,5-8H2,1-4H3. The molecule has 4 heteroatoms. The van der Waals surface area contributed by atoms with Crippen LogP contribution in [0.2, 0.25) is 0 Å². The van der Waals surface area contributed by atoms with Crippen LogP contribution in [0.25, 0.3) is 0 Å². The van der Waals surface area contributed by atoms with E-state index in [4.69, 9.17) is 0 Å². The van der Waals surface area contributed by atoms with Crippen molar-refractivity contribution >= 4 is 12.0 Å². The molecule has 18 heavy (non-hydrogen) atoms. The molecule has 0 atom stereocenters. The summed E-state index contributed by atoms with van der Waals surface area (Å²) >= 11 is 0. The predicted molar refractivity (Wildman–Crippen MR) is 74.7 cm³/mol. The van der Waals surface area contributed by atoms with Gasteiger partial charge in [-0.3, -0.25) is 9.59 Å². The third-order valence-electron chi connectivity index (χ3n) is 3.19. The van der Waals surface area contributed by atoms with Gasteiger partial charge in [0.05, 0.1) is 5.69 Å². The Morgan fingerprint density at radius 2 is 1.89 bits per heavy atom. The molecule has 4 nitrogen and oxygen atoms in total. The van der Waals surface area contributed by atoms with E-state index in [0.717, 1.165) is 30.9 Å². The van der Waals surface area contributed by atoms with Crippen molar-refractivity contribution in [1.29, 1.82) is 0 Å². The molecule has 0 spiro atoms. The molecule has 1 aromatic rings. The molecule has 1 heterocycles. The van der Waals surface area contributed by atoms with Crippen molar-refractivity contribution in [2.45, 2.75) is 40.7 Å². The van der Waals surface area contributed by atoms with Crippen LogP contribution in [0.1, 0.15) is 43.2 Å². The van der Waals surface area contributed by atoms with E-state index < -0.39 is 0 Å². The molecule has 0 aliphatic rings. The van der Waals surface area contributed by atoms with Crippen molar-refractivity contribution in [1.82, 2.24) is 4.57 Å². The average Bonchev–Trinajstić information content (AvgIpc) is 2.36. The van der Waals surface area contributed by atoms with Crippen LogP contribution < -0.4 is 10.5 Å². The fourth-order valence-corrected chi connectivity index (χ4v) is 2.21. The van der Waals surface area contributed by atoms with E-state index >= 15 is 0 Å². The second-order valence-corrected chi connectivity index (χ2v) is 4.33. The highest BCUT2D eigenvalue weighted by atomic mass is 16.1. The lowest BCUT2D eigenvalue weighted by Gasteiger charge is -2.24. The molecule has 0 aliphatic heterocycles. The number of rotatable bonds is 6. The fourth-order valence-electron chi connectivity index (χ4n) is 2.21. The van der Waals surface area contributed by atoms with Crippen molar-refractivity contribution in [3.8, 4) is 0 Å². The number of aryl methyl sites for hydroxylation is 1. The SMILES string of the molecule is CCCn1c(C)cc(N(CC)CC)c(C=O)c1=O. The summed E-state index contributed by atoms with van der Waals surface area (Å²) in [7, 11) is 0. The van der Waals surface area contributed by atoms with Crippen LogP contribution in [0, 0.1) is 6.92 Å². The second-order valence-electron chi connectivity index (χ2n) is 4.33. The number of pyridine rings is 1. The summed E-state index contributed by atoms with van der Waals surface area (Å²) in [5.41, 5.74) is 1.77. The Hall–Kier alpha value is -1.58. The van der Waals surface area contributed by atoms with Gasteiger partial charge in [-0.15, -0.1) is 0 Å². The lowest BCUT2D eigenvalue weighted by molar-refractivity contribution is 0.112. The quantitative estimate of drug-likeness (QED) is 0.727. The van der Waals surface area contributed by atoms with Crippen LogP contribution in [0.4, 0.5) is 5.69 Å². The van der Waals surface area contributed by atoms with Crippen LogP contribution in [0.5, 0.6) is 0 Å². The van der Waals surface area contributed by atoms with Gasteiger partial charge in [-0.2, -0.15) is 0 Å². The molecule has 0 bridgehead atoms. The van der Waals surface area contributed by atoms with Crippen molar-refractivity contribution in [2.24, 2.45) is 0 Å². The molecule has 1 aromatic heterocycles. The number of carbonyl (C=O) groups is 1. The molecule has 0 amide bonds. The number of hydrogen-bond acceptors (Lipinski definition) is 3. The van der Waals surface area contributed by atoms with E-state index in [1.54, 1.807) is 4.57 Å². The van der Waals surface area contributed by atoms with Crippen LogP contribution in [-0.2, 0) is 6.54 Å². The minimum Gasteiger partial charge on any atom is -0.371 e. The molecule has 0 aliphatic carbocycles. The number of aromatic nitrogens is 1. The van der Waals surface area contributed by atoms with Gasteiger partial charge in [0.25, 0.3) is 5.56 Å². The lowest BCUT2D eigenvalue weighted by Crippen LogP contribution is -2.31. The summed E-state index contributed by atoms with van der Waals surface area (Å²) in [6.07, 6.45) is 1.56. The normalized spacial score (nSPS) is 10.4. The summed E-state index contributed by atoms with van der Waals surface area (Å²) in [5.74, 6) is 0. The average molecular weight is 250 g/mol. The van der Waals surface area contributed by atoms with Crippen LogP contribution in [-0.4, -0.2) is 23.9 Å². The van der Waals surface area contributed by atoms with Crippen LogP contribution in [0.3, 0.4) is 0 Å². The van der Waals surface area contributed by atoms with E-state index in [0.29, 0.717) is 12.8 Å². The molecule has 0 saturated heterocycles. The van der Waals surface area contributed by atoms with Gasteiger partial charge in [-0.25, -0.2) is 0 Å². The van der Waals surface area contributed by atoms with Gasteiger partial charge in [0.15, 0.2) is 6.29 Å². The second kappa shape index (κ2) is 6.38. The topological polar surface area (TPSA) is 42.3 Å². The zero-order chi connectivity index (χ0) is 13.7. The highest BCUT2D eigenvalue weighted by Gasteiger charge is 2.15. The summed E-state index contributed by atoms with van der Waals surface area (Å²) < 4.78 is 1.68. The smallest absolute Gasteiger partial charge is 0.263 e. The Morgan fingerprint density at radius 1 is 1.28 bits per heavy atom. The predicted octanol–water partition coefficient (Wildman–Crippen LogP) is 2.23. The molecule has 100 valence electrons. The third kappa shape index (κ3) is 2.63. The van der Waals surface area contributed by atoms with Gasteiger partial charge in [0.2, 0.25) is 0 Å². The van der Waals surface area contributed by atoms with Crippen molar-refractivity contribution in [2.75, 3.05) is 18.0 Å². The first-order valence-electron chi connectivity index (χ1n) is 6.55. The van der Waals surface area contributed by atoms with Gasteiger partial charge in [0.1, 0.15) is 5.56 Å². The Bertz CT molecular complexity index is 473. The molecule has 0 aromatic carbocycles. The minimum atomic E-state index is -0.172. The van der Waals surface area contributed by atoms with Crippen LogP contribution in [0.15, 0.2) is 10.9 Å². The van der Waals surface area contributed by atoms with Gasteiger partial charge < -0.3 is 9.47 Å². The summed E-state index contributed by atoms with van der Waals surface area (Å²) in [5, 5.41) is 0. The molecule has 1 rings (SSSR count). The molecule has 0 N–H and O–H groups in total. The highest BCUT2D eigenvalue weighted by Crippen LogP contribution is 2.18. The maximum absolute atomic E-state index is 12.3. The molecule has 0 unspecified atom stereocenters. The number of aldehydes is 1. The van der Waals surface area contributed by atoms with E-state index in [1.165, 1.54) is 0 Å². The molecular formula is C14H22N2O2. The fraction of sp³-hybridized carbons (Fsp3) is 0.571. The Balaban J connectivity index is 3.46. The van der Waals surface area contributed by atoms with Gasteiger partial charge in [0, 0.05) is 25.3 Å². The molecule has 0 fully saturated rings. The summed E-state index contributed by atoms with van der Waals surface area (Å²) in [6, 6.07) is 1.94. The first-order valence-corrected chi connectivity index (χ1v) is 6.55. The van der Waals surface area contributed by atoms with Crippen molar-refractivity contribution < 1.29 is 4.79 Å². The van der Waals surface area contributed by atoms with Crippen molar-refractivity contribution in [3.05, 3.63) is 27.7 Å². The third-order valence-corrected chi connectivity index (χ3v) is 3.19. The zero-order valence-corrected chi connectivity index (χ0v) is 11.7. The molecule has 0 radical (unpaired) electrons. The van der Waals surface area contributed by atoms with Crippen LogP contribution >= 0.6 is 0 Å². The van der Waals surface area contributed by atoms with E-state index in [1.807, 2.05) is 38.7 Å². The summed E-state index contributed by atoms with van der Waals surface area (Å²) in [6.45, 7) is 10.2. The largest absolute Gasteiger partial charge is 0.371 e. The van der Waals surface area contributed by atoms with Gasteiger partial charge in [-0.05, 0) is 33.3 Å². The summed E-state index contributed by atoms with van der Waals surface area (Å²) in [4.78, 5) is 25.5.